The van der Waals surface area contributed by atoms with Crippen molar-refractivity contribution in [2.24, 2.45) is 0 Å². The zero-order chi connectivity index (χ0) is 30.6. The molecule has 1 saturated heterocycles. The van der Waals surface area contributed by atoms with Crippen LogP contribution in [-0.2, 0) is 18.0 Å². The van der Waals surface area contributed by atoms with Crippen LogP contribution in [0.2, 0.25) is 54.4 Å². The van der Waals surface area contributed by atoms with Crippen LogP contribution in [-0.4, -0.2) is 59.4 Å². The molecule has 1 aromatic heterocycles. The number of ether oxygens (including phenoxy) is 1. The fourth-order valence-electron chi connectivity index (χ4n) is 3.65. The lowest BCUT2D eigenvalue weighted by molar-refractivity contribution is -0.0511. The lowest BCUT2D eigenvalue weighted by Crippen LogP contribution is -2.55. The average molecular weight is 601 g/mol. The Bertz CT molecular complexity index is 1120. The molecule has 0 aliphatic carbocycles. The molecule has 2 rings (SSSR count). The van der Waals surface area contributed by atoms with Gasteiger partial charge >= 0.3 is 5.69 Å². The predicted molar refractivity (Wildman–Crippen MR) is 167 cm³/mol. The number of aryl methyl sites for hydroxylation is 1. The van der Waals surface area contributed by atoms with Crippen molar-refractivity contribution in [3.63, 3.8) is 0 Å². The number of aromatic amines is 1. The van der Waals surface area contributed by atoms with Crippen LogP contribution in [0, 0.1) is 6.92 Å². The highest BCUT2D eigenvalue weighted by Crippen LogP contribution is 2.46. The summed E-state index contributed by atoms with van der Waals surface area (Å²) in [4.78, 5) is 27.8. The normalized spacial score (nSPS) is 23.9. The van der Waals surface area contributed by atoms with Crippen LogP contribution in [0.25, 0.3) is 0 Å². The minimum Gasteiger partial charge on any atom is -0.414 e. The molecule has 8 nitrogen and oxygen atoms in total. The maximum Gasteiger partial charge on any atom is 0.330 e. The summed E-state index contributed by atoms with van der Waals surface area (Å²) in [5.41, 5.74) is -0.480. The van der Waals surface area contributed by atoms with Crippen molar-refractivity contribution < 1.29 is 18.0 Å². The van der Waals surface area contributed by atoms with Crippen molar-refractivity contribution in [1.29, 1.82) is 0 Å². The van der Waals surface area contributed by atoms with Gasteiger partial charge in [-0.25, -0.2) is 4.79 Å². The van der Waals surface area contributed by atoms with Crippen molar-refractivity contribution in [3.05, 3.63) is 32.6 Å². The lowest BCUT2D eigenvalue weighted by Gasteiger charge is -2.44. The SMILES string of the molecule is Cc1cn(C2O[C@@H](CO[Si](C)(C)C(C)(C)C)[C@H](O[Si](C)(C)C(C)(C)C)[C@@H]2O[Si](C)(C)C(C)(C)C)c(=O)[nH]c1=O. The number of hydrogen-bond acceptors (Lipinski definition) is 6. The van der Waals surface area contributed by atoms with Crippen molar-refractivity contribution in [3.8, 4) is 0 Å². The van der Waals surface area contributed by atoms with Gasteiger partial charge in [0.2, 0.25) is 0 Å². The number of nitrogens with one attached hydrogen (secondary N) is 1. The Morgan fingerprint density at radius 1 is 0.795 bits per heavy atom. The van der Waals surface area contributed by atoms with E-state index in [-0.39, 0.29) is 15.1 Å². The predicted octanol–water partition coefficient (Wildman–Crippen LogP) is 6.55. The zero-order valence-corrected chi connectivity index (χ0v) is 30.5. The second-order valence-corrected chi connectivity index (χ2v) is 30.1. The molecule has 11 heteroatoms. The van der Waals surface area contributed by atoms with Gasteiger partial charge in [-0.15, -0.1) is 0 Å². The highest BCUT2D eigenvalue weighted by molar-refractivity contribution is 6.75. The van der Waals surface area contributed by atoms with Gasteiger partial charge in [0.1, 0.15) is 18.3 Å². The molecule has 1 unspecified atom stereocenters. The smallest absolute Gasteiger partial charge is 0.330 e. The molecule has 0 radical (unpaired) electrons. The van der Waals surface area contributed by atoms with E-state index in [4.69, 9.17) is 18.0 Å². The minimum atomic E-state index is -2.33. The maximum absolute atomic E-state index is 13.1. The monoisotopic (exact) mass is 600 g/mol. The molecule has 1 aliphatic heterocycles. The van der Waals surface area contributed by atoms with Crippen LogP contribution in [0.1, 0.15) is 74.1 Å². The molecule has 1 N–H and O–H groups in total. The Morgan fingerprint density at radius 2 is 1.23 bits per heavy atom. The third-order valence-corrected chi connectivity index (χ3v) is 23.0. The Labute approximate surface area is 239 Å². The molecular weight excluding hydrogens is 545 g/mol. The summed E-state index contributed by atoms with van der Waals surface area (Å²) >= 11 is 0. The van der Waals surface area contributed by atoms with Crippen molar-refractivity contribution in [2.75, 3.05) is 6.61 Å². The van der Waals surface area contributed by atoms with Gasteiger partial charge in [-0.1, -0.05) is 62.3 Å². The summed E-state index contributed by atoms with van der Waals surface area (Å²) in [5.74, 6) is 0. The summed E-state index contributed by atoms with van der Waals surface area (Å²) < 4.78 is 29.0. The Kier molecular flexibility index (Phi) is 9.79. The molecule has 1 aliphatic rings. The van der Waals surface area contributed by atoms with Gasteiger partial charge in [0, 0.05) is 11.8 Å². The largest absolute Gasteiger partial charge is 0.414 e. The zero-order valence-electron chi connectivity index (χ0n) is 27.5. The Balaban J connectivity index is 2.70. The summed E-state index contributed by atoms with van der Waals surface area (Å²) in [6.45, 7) is 35.2. The molecule has 39 heavy (non-hydrogen) atoms. The molecule has 0 aromatic carbocycles. The topological polar surface area (TPSA) is 91.8 Å². The second kappa shape index (κ2) is 11.1. The lowest BCUT2D eigenvalue weighted by atomic mass is 10.1. The van der Waals surface area contributed by atoms with Gasteiger partial charge in [0.15, 0.2) is 31.2 Å². The molecular formula is C28H56N2O6Si3. The number of nitrogens with zero attached hydrogens (tertiary/aromatic N) is 1. The third kappa shape index (κ3) is 7.52. The summed E-state index contributed by atoms with van der Waals surface area (Å²) in [7, 11) is -6.71. The molecule has 1 fully saturated rings. The highest BCUT2D eigenvalue weighted by atomic mass is 28.4. The van der Waals surface area contributed by atoms with E-state index in [0.29, 0.717) is 12.2 Å². The van der Waals surface area contributed by atoms with Gasteiger partial charge in [0.25, 0.3) is 5.56 Å². The fraction of sp³-hybridized carbons (Fsp3) is 0.857. The highest BCUT2D eigenvalue weighted by Gasteiger charge is 2.55. The molecule has 4 atom stereocenters. The molecule has 0 saturated carbocycles. The first-order chi connectivity index (χ1) is 17.2. The fourth-order valence-corrected chi connectivity index (χ4v) is 7.27. The van der Waals surface area contributed by atoms with E-state index in [1.807, 2.05) is 0 Å². The standard InChI is InChI=1S/C28H56N2O6Si3/c1-19-17-30(25(32)29-23(19)31)24-22(36-39(15,16)28(8,9)10)21(35-38(13,14)27(5,6)7)20(34-24)18-33-37(11,12)26(2,3)4/h17,20-22,24H,18H2,1-16H3,(H,29,31,32)/t20-,21-,22-,24?/m0/s1. The third-order valence-electron chi connectivity index (χ3n) is 9.59. The van der Waals surface area contributed by atoms with E-state index in [1.165, 1.54) is 4.57 Å². The molecule has 0 bridgehead atoms. The Morgan fingerprint density at radius 3 is 1.67 bits per heavy atom. The van der Waals surface area contributed by atoms with Gasteiger partial charge in [0.05, 0.1) is 6.61 Å². The van der Waals surface area contributed by atoms with Crippen LogP contribution in [0.3, 0.4) is 0 Å². The first kappa shape index (κ1) is 34.4. The first-order valence-electron chi connectivity index (χ1n) is 14.2. The van der Waals surface area contributed by atoms with E-state index in [0.717, 1.165) is 0 Å². The maximum atomic E-state index is 13.1. The molecule has 1 aromatic rings. The summed E-state index contributed by atoms with van der Waals surface area (Å²) in [6.07, 6.45) is -0.601. The van der Waals surface area contributed by atoms with Crippen LogP contribution >= 0.6 is 0 Å². The molecule has 0 amide bonds. The first-order valence-corrected chi connectivity index (χ1v) is 22.9. The van der Waals surface area contributed by atoms with Crippen LogP contribution < -0.4 is 11.2 Å². The van der Waals surface area contributed by atoms with Crippen LogP contribution in [0.15, 0.2) is 15.8 Å². The number of hydrogen-bond donors (Lipinski definition) is 1. The van der Waals surface area contributed by atoms with E-state index in [9.17, 15) is 9.59 Å². The minimum absolute atomic E-state index is 0.0325. The summed E-state index contributed by atoms with van der Waals surface area (Å²) in [6, 6.07) is 0. The van der Waals surface area contributed by atoms with Gasteiger partial charge in [-0.2, -0.15) is 0 Å². The Hall–Kier alpha value is -0.829. The molecule has 226 valence electrons. The van der Waals surface area contributed by atoms with Crippen molar-refractivity contribution >= 4 is 25.0 Å². The van der Waals surface area contributed by atoms with Crippen molar-refractivity contribution in [2.45, 2.75) is 148 Å². The van der Waals surface area contributed by atoms with Crippen LogP contribution in [0.5, 0.6) is 0 Å². The van der Waals surface area contributed by atoms with E-state index in [2.05, 4.69) is 107 Å². The van der Waals surface area contributed by atoms with Gasteiger partial charge < -0.3 is 18.0 Å². The second-order valence-electron chi connectivity index (χ2n) is 15.8. The number of H-pyrrole nitrogens is 1. The average Bonchev–Trinajstić information content (AvgIpc) is 3.02. The van der Waals surface area contributed by atoms with Crippen molar-refractivity contribution in [1.82, 2.24) is 9.55 Å². The molecule has 0 spiro atoms. The quantitative estimate of drug-likeness (QED) is 0.341. The van der Waals surface area contributed by atoms with E-state index >= 15 is 0 Å². The van der Waals surface area contributed by atoms with E-state index < -0.39 is 60.7 Å². The summed E-state index contributed by atoms with van der Waals surface area (Å²) in [5, 5.41) is -0.0751. The molecule has 2 heterocycles. The van der Waals surface area contributed by atoms with Crippen LogP contribution in [0.4, 0.5) is 0 Å². The van der Waals surface area contributed by atoms with Gasteiger partial charge in [-0.05, 0) is 61.3 Å². The number of aromatic nitrogens is 2. The van der Waals surface area contributed by atoms with E-state index in [1.54, 1.807) is 13.1 Å². The number of rotatable bonds is 8. The van der Waals surface area contributed by atoms with Gasteiger partial charge in [-0.3, -0.25) is 14.3 Å².